The molecule has 1 heterocycles. The van der Waals surface area contributed by atoms with E-state index < -0.39 is 0 Å². The monoisotopic (exact) mass is 236 g/mol. The van der Waals surface area contributed by atoms with Gasteiger partial charge in [-0.05, 0) is 25.2 Å². The Morgan fingerprint density at radius 2 is 2.18 bits per heavy atom. The van der Waals surface area contributed by atoms with Crippen molar-refractivity contribution in [3.8, 4) is 0 Å². The van der Waals surface area contributed by atoms with Gasteiger partial charge in [0.15, 0.2) is 0 Å². The third kappa shape index (κ3) is 3.69. The van der Waals surface area contributed by atoms with Crippen molar-refractivity contribution in [3.05, 3.63) is 12.7 Å². The Labute approximate surface area is 104 Å². The molecular weight excluding hydrogens is 212 g/mol. The molecule has 1 saturated heterocycles. The number of likely N-dealkylation sites (tertiary alicyclic amines) is 1. The number of unbranched alkanes of at least 4 members (excludes halogenated alkanes) is 3. The van der Waals surface area contributed by atoms with Crippen LogP contribution in [0, 0.1) is 17.2 Å². The molecule has 1 N–H and O–H groups in total. The minimum Gasteiger partial charge on any atom is -0.301 e. The van der Waals surface area contributed by atoms with E-state index in [0.717, 1.165) is 32.2 Å². The van der Waals surface area contributed by atoms with Crippen LogP contribution in [0.1, 0.15) is 46.0 Å². The molecule has 1 unspecified atom stereocenters. The number of amides is 1. The molecule has 1 amide bonds. The quantitative estimate of drug-likeness (QED) is 0.535. The third-order valence-corrected chi connectivity index (χ3v) is 3.42. The van der Waals surface area contributed by atoms with E-state index in [1.54, 1.807) is 4.90 Å². The fraction of sp³-hybridized carbons (Fsp3) is 0.714. The molecule has 0 spiro atoms. The molecule has 1 aliphatic heterocycles. The third-order valence-electron chi connectivity index (χ3n) is 3.42. The van der Waals surface area contributed by atoms with Crippen LogP contribution >= 0.6 is 0 Å². The molecule has 3 nitrogen and oxygen atoms in total. The predicted octanol–water partition coefficient (Wildman–Crippen LogP) is 3.21. The van der Waals surface area contributed by atoms with E-state index in [1.807, 2.05) is 6.08 Å². The lowest BCUT2D eigenvalue weighted by atomic mass is 9.94. The average Bonchev–Trinajstić information content (AvgIpc) is 2.56. The maximum absolute atomic E-state index is 12.0. The first-order valence-electron chi connectivity index (χ1n) is 6.57. The average molecular weight is 236 g/mol. The second kappa shape index (κ2) is 6.58. The lowest BCUT2D eigenvalue weighted by molar-refractivity contribution is -0.130. The van der Waals surface area contributed by atoms with Crippen LogP contribution in [0.2, 0.25) is 0 Å². The maximum atomic E-state index is 12.0. The van der Waals surface area contributed by atoms with Crippen molar-refractivity contribution in [3.63, 3.8) is 0 Å². The van der Waals surface area contributed by atoms with Crippen LogP contribution < -0.4 is 0 Å². The number of allylic oxidation sites excluding steroid dienone is 1. The molecule has 3 heteroatoms. The van der Waals surface area contributed by atoms with Gasteiger partial charge in [-0.1, -0.05) is 26.3 Å². The Hall–Kier alpha value is -1.12. The standard InChI is InChI=1S/C14H24N2O/c1-4-5-6-7-8-9-16-13(15)10-12(11(2)3)14(16)17/h4,11-12,15H,1,5-10H2,2-3H3. The minimum atomic E-state index is 0.0377. The van der Waals surface area contributed by atoms with E-state index in [-0.39, 0.29) is 11.8 Å². The van der Waals surface area contributed by atoms with Gasteiger partial charge in [0.25, 0.3) is 0 Å². The van der Waals surface area contributed by atoms with Gasteiger partial charge in [0.05, 0.1) is 0 Å². The second-order valence-electron chi connectivity index (χ2n) is 5.13. The fourth-order valence-electron chi connectivity index (χ4n) is 2.24. The van der Waals surface area contributed by atoms with Crippen molar-refractivity contribution in [2.75, 3.05) is 6.54 Å². The number of rotatable bonds is 7. The molecule has 0 aromatic heterocycles. The van der Waals surface area contributed by atoms with Crippen LogP contribution in [0.25, 0.3) is 0 Å². The van der Waals surface area contributed by atoms with E-state index in [2.05, 4.69) is 20.4 Å². The highest BCUT2D eigenvalue weighted by Crippen LogP contribution is 2.26. The van der Waals surface area contributed by atoms with Crippen LogP contribution in [-0.4, -0.2) is 23.2 Å². The molecule has 0 saturated carbocycles. The van der Waals surface area contributed by atoms with Crippen molar-refractivity contribution in [1.29, 1.82) is 5.41 Å². The molecule has 1 atom stereocenters. The molecule has 1 rings (SSSR count). The smallest absolute Gasteiger partial charge is 0.231 e. The zero-order chi connectivity index (χ0) is 12.8. The summed E-state index contributed by atoms with van der Waals surface area (Å²) >= 11 is 0. The lowest BCUT2D eigenvalue weighted by Gasteiger charge is -2.17. The summed E-state index contributed by atoms with van der Waals surface area (Å²) in [5, 5.41) is 7.87. The first kappa shape index (κ1) is 13.9. The normalized spacial score (nSPS) is 20.4. The van der Waals surface area contributed by atoms with Gasteiger partial charge in [0.1, 0.15) is 5.84 Å². The molecule has 96 valence electrons. The van der Waals surface area contributed by atoms with E-state index in [0.29, 0.717) is 18.2 Å². The number of carbonyl (C=O) groups excluding carboxylic acids is 1. The SMILES string of the molecule is C=CCCCCCN1C(=N)CC(C(C)C)C1=O. The van der Waals surface area contributed by atoms with Gasteiger partial charge >= 0.3 is 0 Å². The summed E-state index contributed by atoms with van der Waals surface area (Å²) < 4.78 is 0. The first-order chi connectivity index (χ1) is 8.07. The van der Waals surface area contributed by atoms with Crippen LogP contribution in [0.3, 0.4) is 0 Å². The zero-order valence-corrected chi connectivity index (χ0v) is 11.0. The van der Waals surface area contributed by atoms with Gasteiger partial charge in [-0.25, -0.2) is 0 Å². The summed E-state index contributed by atoms with van der Waals surface area (Å²) in [5.41, 5.74) is 0. The summed E-state index contributed by atoms with van der Waals surface area (Å²) in [7, 11) is 0. The number of hydrogen-bond donors (Lipinski definition) is 1. The summed E-state index contributed by atoms with van der Waals surface area (Å²) in [5.74, 6) is 1.05. The fourth-order valence-corrected chi connectivity index (χ4v) is 2.24. The molecular formula is C14H24N2O. The molecule has 17 heavy (non-hydrogen) atoms. The Morgan fingerprint density at radius 1 is 1.47 bits per heavy atom. The van der Waals surface area contributed by atoms with Crippen LogP contribution in [0.4, 0.5) is 0 Å². The van der Waals surface area contributed by atoms with Crippen molar-refractivity contribution in [2.45, 2.75) is 46.0 Å². The predicted molar refractivity (Wildman–Crippen MR) is 71.0 cm³/mol. The number of hydrogen-bond acceptors (Lipinski definition) is 2. The summed E-state index contributed by atoms with van der Waals surface area (Å²) in [6.07, 6.45) is 6.83. The van der Waals surface area contributed by atoms with E-state index in [4.69, 9.17) is 5.41 Å². The van der Waals surface area contributed by atoms with Gasteiger partial charge in [-0.15, -0.1) is 6.58 Å². The van der Waals surface area contributed by atoms with Gasteiger partial charge in [0, 0.05) is 18.9 Å². The summed E-state index contributed by atoms with van der Waals surface area (Å²) in [6.45, 7) is 8.53. The van der Waals surface area contributed by atoms with E-state index >= 15 is 0 Å². The maximum Gasteiger partial charge on any atom is 0.231 e. The van der Waals surface area contributed by atoms with Gasteiger partial charge in [-0.2, -0.15) is 0 Å². The number of amidine groups is 1. The van der Waals surface area contributed by atoms with E-state index in [1.165, 1.54) is 0 Å². The first-order valence-corrected chi connectivity index (χ1v) is 6.57. The van der Waals surface area contributed by atoms with Crippen LogP contribution in [0.5, 0.6) is 0 Å². The van der Waals surface area contributed by atoms with Crippen molar-refractivity contribution < 1.29 is 4.79 Å². The molecule has 1 fully saturated rings. The molecule has 0 aliphatic carbocycles. The Bertz CT molecular complexity index is 297. The van der Waals surface area contributed by atoms with Crippen molar-refractivity contribution in [2.24, 2.45) is 11.8 Å². The van der Waals surface area contributed by atoms with Crippen molar-refractivity contribution in [1.82, 2.24) is 4.90 Å². The largest absolute Gasteiger partial charge is 0.301 e. The minimum absolute atomic E-state index is 0.0377. The Balaban J connectivity index is 2.36. The van der Waals surface area contributed by atoms with E-state index in [9.17, 15) is 4.79 Å². The van der Waals surface area contributed by atoms with Crippen LogP contribution in [-0.2, 0) is 4.79 Å². The Morgan fingerprint density at radius 3 is 2.71 bits per heavy atom. The molecule has 0 aromatic rings. The highest BCUT2D eigenvalue weighted by atomic mass is 16.2. The zero-order valence-electron chi connectivity index (χ0n) is 11.0. The molecule has 0 bridgehead atoms. The topological polar surface area (TPSA) is 44.2 Å². The Kier molecular flexibility index (Phi) is 5.39. The van der Waals surface area contributed by atoms with Gasteiger partial charge in [0.2, 0.25) is 5.91 Å². The van der Waals surface area contributed by atoms with Crippen LogP contribution in [0.15, 0.2) is 12.7 Å². The summed E-state index contributed by atoms with van der Waals surface area (Å²) in [6, 6.07) is 0. The lowest BCUT2D eigenvalue weighted by Crippen LogP contribution is -2.32. The molecule has 0 aromatic carbocycles. The van der Waals surface area contributed by atoms with Crippen molar-refractivity contribution >= 4 is 11.7 Å². The van der Waals surface area contributed by atoms with Gasteiger partial charge in [-0.3, -0.25) is 10.2 Å². The summed E-state index contributed by atoms with van der Waals surface area (Å²) in [4.78, 5) is 13.7. The number of nitrogens with zero attached hydrogens (tertiary/aromatic N) is 1. The highest BCUT2D eigenvalue weighted by molar-refractivity contribution is 6.04. The molecule has 1 aliphatic rings. The molecule has 0 radical (unpaired) electrons. The van der Waals surface area contributed by atoms with Gasteiger partial charge < -0.3 is 4.90 Å². The number of nitrogens with one attached hydrogen (secondary N) is 1. The highest BCUT2D eigenvalue weighted by Gasteiger charge is 2.37. The second-order valence-corrected chi connectivity index (χ2v) is 5.13. The number of carbonyl (C=O) groups is 1.